The number of hydrogen-bond donors (Lipinski definition) is 1. The lowest BCUT2D eigenvalue weighted by Crippen LogP contribution is -2.50. The van der Waals surface area contributed by atoms with Gasteiger partial charge in [0.15, 0.2) is 0 Å². The molecule has 0 saturated carbocycles. The van der Waals surface area contributed by atoms with Crippen LogP contribution in [0.25, 0.3) is 0 Å². The SMILES string of the molecule is CCN(CC)[C@@H]1C(=O)Nc2ccc(Cl)cc2[C@H]1c1ccccc1. The van der Waals surface area contributed by atoms with Crippen LogP contribution in [0.15, 0.2) is 48.5 Å². The van der Waals surface area contributed by atoms with Crippen molar-refractivity contribution in [3.63, 3.8) is 0 Å². The summed E-state index contributed by atoms with van der Waals surface area (Å²) >= 11 is 6.23. The number of amides is 1. The number of carbonyl (C=O) groups excluding carboxylic acids is 1. The predicted molar refractivity (Wildman–Crippen MR) is 95.1 cm³/mol. The van der Waals surface area contributed by atoms with E-state index in [0.29, 0.717) is 5.02 Å². The Morgan fingerprint density at radius 1 is 1.09 bits per heavy atom. The van der Waals surface area contributed by atoms with E-state index in [-0.39, 0.29) is 17.9 Å². The summed E-state index contributed by atoms with van der Waals surface area (Å²) in [5.74, 6) is 0.0379. The van der Waals surface area contributed by atoms with E-state index in [1.807, 2.05) is 36.4 Å². The third-order valence-electron chi connectivity index (χ3n) is 4.56. The van der Waals surface area contributed by atoms with Gasteiger partial charge in [-0.2, -0.15) is 0 Å². The van der Waals surface area contributed by atoms with Crippen LogP contribution in [-0.4, -0.2) is 29.9 Å². The molecule has 0 saturated heterocycles. The molecule has 23 heavy (non-hydrogen) atoms. The summed E-state index contributed by atoms with van der Waals surface area (Å²) in [5, 5.41) is 3.74. The molecule has 120 valence electrons. The largest absolute Gasteiger partial charge is 0.324 e. The molecule has 1 N–H and O–H groups in total. The molecule has 1 aliphatic rings. The number of hydrogen-bond acceptors (Lipinski definition) is 2. The molecule has 0 radical (unpaired) electrons. The Morgan fingerprint density at radius 2 is 1.78 bits per heavy atom. The minimum Gasteiger partial charge on any atom is -0.324 e. The highest BCUT2D eigenvalue weighted by atomic mass is 35.5. The van der Waals surface area contributed by atoms with Gasteiger partial charge < -0.3 is 5.32 Å². The predicted octanol–water partition coefficient (Wildman–Crippen LogP) is 4.13. The van der Waals surface area contributed by atoms with Crippen molar-refractivity contribution in [1.82, 2.24) is 4.90 Å². The summed E-state index contributed by atoms with van der Waals surface area (Å²) in [7, 11) is 0. The van der Waals surface area contributed by atoms with Crippen molar-refractivity contribution in [3.05, 3.63) is 64.7 Å². The van der Waals surface area contributed by atoms with E-state index >= 15 is 0 Å². The zero-order valence-electron chi connectivity index (χ0n) is 13.4. The van der Waals surface area contributed by atoms with E-state index in [4.69, 9.17) is 11.6 Å². The monoisotopic (exact) mass is 328 g/mol. The average molecular weight is 329 g/mol. The fourth-order valence-corrected chi connectivity index (χ4v) is 3.63. The second kappa shape index (κ2) is 6.73. The highest BCUT2D eigenvalue weighted by molar-refractivity contribution is 6.30. The van der Waals surface area contributed by atoms with Crippen molar-refractivity contribution in [1.29, 1.82) is 0 Å². The molecule has 0 bridgehead atoms. The van der Waals surface area contributed by atoms with E-state index in [0.717, 1.165) is 29.9 Å². The average Bonchev–Trinajstić information content (AvgIpc) is 2.57. The van der Waals surface area contributed by atoms with Gasteiger partial charge in [0.2, 0.25) is 5.91 Å². The van der Waals surface area contributed by atoms with E-state index < -0.39 is 0 Å². The number of likely N-dealkylation sites (N-methyl/N-ethyl adjacent to an activating group) is 1. The summed E-state index contributed by atoms with van der Waals surface area (Å²) in [4.78, 5) is 15.0. The van der Waals surface area contributed by atoms with Crippen LogP contribution in [0.3, 0.4) is 0 Å². The Morgan fingerprint density at radius 3 is 2.43 bits per heavy atom. The summed E-state index contributed by atoms with van der Waals surface area (Å²) in [5.41, 5.74) is 3.08. The standard InChI is InChI=1S/C19H21ClN2O/c1-3-22(4-2)18-17(13-8-6-5-7-9-13)15-12-14(20)10-11-16(15)21-19(18)23/h5-12,17-18H,3-4H2,1-2H3,(H,21,23)/t17-,18+/m1/s1. The molecule has 0 aromatic heterocycles. The van der Waals surface area contributed by atoms with E-state index in [1.54, 1.807) is 0 Å². The highest BCUT2D eigenvalue weighted by Crippen LogP contribution is 2.40. The fraction of sp³-hybridized carbons (Fsp3) is 0.316. The molecule has 0 aliphatic carbocycles. The van der Waals surface area contributed by atoms with Crippen LogP contribution < -0.4 is 5.32 Å². The summed E-state index contributed by atoms with van der Waals surface area (Å²) < 4.78 is 0. The van der Waals surface area contributed by atoms with Gasteiger partial charge in [-0.3, -0.25) is 9.69 Å². The van der Waals surface area contributed by atoms with Gasteiger partial charge in [0.1, 0.15) is 6.04 Å². The Hall–Kier alpha value is -1.84. The molecule has 0 fully saturated rings. The van der Waals surface area contributed by atoms with E-state index in [9.17, 15) is 4.79 Å². The first-order valence-electron chi connectivity index (χ1n) is 8.05. The lowest BCUT2D eigenvalue weighted by atomic mass is 9.80. The lowest BCUT2D eigenvalue weighted by molar-refractivity contribution is -0.122. The molecule has 3 nitrogen and oxygen atoms in total. The molecule has 4 heteroatoms. The van der Waals surface area contributed by atoms with Crippen LogP contribution >= 0.6 is 11.6 Å². The first kappa shape index (κ1) is 16.0. The zero-order valence-corrected chi connectivity index (χ0v) is 14.2. The molecule has 2 aromatic carbocycles. The van der Waals surface area contributed by atoms with Crippen molar-refractivity contribution < 1.29 is 4.79 Å². The normalized spacial score (nSPS) is 20.3. The van der Waals surface area contributed by atoms with Crippen molar-refractivity contribution in [3.8, 4) is 0 Å². The number of fused-ring (bicyclic) bond motifs is 1. The second-order valence-electron chi connectivity index (χ2n) is 5.78. The van der Waals surface area contributed by atoms with Gasteiger partial charge in [-0.15, -0.1) is 0 Å². The molecule has 1 amide bonds. The van der Waals surface area contributed by atoms with Gasteiger partial charge in [-0.05, 0) is 42.4 Å². The zero-order chi connectivity index (χ0) is 16.4. The Bertz CT molecular complexity index is 698. The minimum atomic E-state index is -0.224. The first-order chi connectivity index (χ1) is 11.2. The van der Waals surface area contributed by atoms with Gasteiger partial charge in [-0.25, -0.2) is 0 Å². The molecular formula is C19H21ClN2O. The minimum absolute atomic E-state index is 0.0152. The summed E-state index contributed by atoms with van der Waals surface area (Å²) in [6.07, 6.45) is 0. The quantitative estimate of drug-likeness (QED) is 0.915. The molecule has 0 spiro atoms. The number of rotatable bonds is 4. The second-order valence-corrected chi connectivity index (χ2v) is 6.21. The van der Waals surface area contributed by atoms with Gasteiger partial charge in [0.25, 0.3) is 0 Å². The van der Waals surface area contributed by atoms with E-state index in [2.05, 4.69) is 36.2 Å². The van der Waals surface area contributed by atoms with Gasteiger partial charge in [0, 0.05) is 16.6 Å². The van der Waals surface area contributed by atoms with Crippen LogP contribution in [0.2, 0.25) is 5.02 Å². The molecule has 2 atom stereocenters. The number of nitrogens with zero attached hydrogens (tertiary/aromatic N) is 1. The highest BCUT2D eigenvalue weighted by Gasteiger charge is 2.39. The smallest absolute Gasteiger partial charge is 0.242 e. The number of halogens is 1. The van der Waals surface area contributed by atoms with Gasteiger partial charge >= 0.3 is 0 Å². The van der Waals surface area contributed by atoms with Gasteiger partial charge in [0.05, 0.1) is 0 Å². The maximum absolute atomic E-state index is 12.8. The van der Waals surface area contributed by atoms with Crippen LogP contribution in [0.1, 0.15) is 30.9 Å². The Balaban J connectivity index is 2.17. The fourth-order valence-electron chi connectivity index (χ4n) is 3.45. The van der Waals surface area contributed by atoms with Gasteiger partial charge in [-0.1, -0.05) is 55.8 Å². The van der Waals surface area contributed by atoms with Crippen molar-refractivity contribution in [2.45, 2.75) is 25.8 Å². The number of nitrogens with one attached hydrogen (secondary N) is 1. The van der Waals surface area contributed by atoms with Crippen LogP contribution in [0, 0.1) is 0 Å². The van der Waals surface area contributed by atoms with E-state index in [1.165, 1.54) is 0 Å². The molecular weight excluding hydrogens is 308 g/mol. The van der Waals surface area contributed by atoms with Crippen molar-refractivity contribution in [2.24, 2.45) is 0 Å². The molecule has 0 unspecified atom stereocenters. The molecule has 3 rings (SSSR count). The number of carbonyl (C=O) groups is 1. The van der Waals surface area contributed by atoms with Crippen LogP contribution in [0.5, 0.6) is 0 Å². The first-order valence-corrected chi connectivity index (χ1v) is 8.42. The number of benzene rings is 2. The van der Waals surface area contributed by atoms with Crippen LogP contribution in [0.4, 0.5) is 5.69 Å². The molecule has 1 heterocycles. The van der Waals surface area contributed by atoms with Crippen molar-refractivity contribution >= 4 is 23.2 Å². The summed E-state index contributed by atoms with van der Waals surface area (Å²) in [6, 6.07) is 15.7. The maximum Gasteiger partial charge on any atom is 0.242 e. The van der Waals surface area contributed by atoms with Crippen LogP contribution in [-0.2, 0) is 4.79 Å². The Labute approximate surface area is 142 Å². The summed E-state index contributed by atoms with van der Waals surface area (Å²) in [6.45, 7) is 5.83. The maximum atomic E-state index is 12.8. The molecule has 1 aliphatic heterocycles. The molecule has 2 aromatic rings. The topological polar surface area (TPSA) is 32.3 Å². The third kappa shape index (κ3) is 2.99. The number of anilines is 1. The lowest BCUT2D eigenvalue weighted by Gasteiger charge is -2.39. The van der Waals surface area contributed by atoms with Crippen molar-refractivity contribution in [2.75, 3.05) is 18.4 Å². The third-order valence-corrected chi connectivity index (χ3v) is 4.79. The Kier molecular flexibility index (Phi) is 4.69.